The molecule has 0 saturated carbocycles. The highest BCUT2D eigenvalue weighted by Gasteiger charge is 1.98. The number of rotatable bonds is 18. The van der Waals surface area contributed by atoms with Crippen LogP contribution in [-0.4, -0.2) is 23.7 Å². The Morgan fingerprint density at radius 3 is 1.13 bits per heavy atom. The fraction of sp³-hybridized carbons (Fsp3) is 0.958. The third-order valence-electron chi connectivity index (χ3n) is 5.19. The van der Waals surface area contributed by atoms with Crippen LogP contribution in [-0.2, 0) is 0 Å². The Labute approximate surface area is 194 Å². The minimum Gasteiger partial charge on any atom is -0.349 e. The van der Waals surface area contributed by atoms with Gasteiger partial charge in [-0.25, -0.2) is 16.5 Å². The second-order valence-corrected chi connectivity index (χ2v) is 8.48. The predicted molar refractivity (Wildman–Crippen MR) is 137 cm³/mol. The molecule has 10 N–H and O–H groups in total. The molecule has 0 bridgehead atoms. The van der Waals surface area contributed by atoms with Crippen LogP contribution in [0.25, 0.3) is 0 Å². The Kier molecular flexibility index (Phi) is 35.0. The highest BCUT2D eigenvalue weighted by molar-refractivity contribution is 5.70. The van der Waals surface area contributed by atoms with Gasteiger partial charge in [-0.2, -0.15) is 5.12 Å². The zero-order valence-electron chi connectivity index (χ0n) is 21.3. The summed E-state index contributed by atoms with van der Waals surface area (Å²) in [7, 11) is 0. The van der Waals surface area contributed by atoms with Crippen LogP contribution in [0.3, 0.4) is 0 Å². The number of carbonyl (C=O) groups is 1. The second kappa shape index (κ2) is 31.3. The second-order valence-electron chi connectivity index (χ2n) is 8.48. The van der Waals surface area contributed by atoms with Crippen molar-refractivity contribution in [3.63, 3.8) is 0 Å². The number of hydrogen-bond acceptors (Lipinski definition) is 5. The molecule has 0 aliphatic carbocycles. The molecule has 7 nitrogen and oxygen atoms in total. The highest BCUT2D eigenvalue weighted by atomic mass is 16.2. The molecule has 31 heavy (non-hydrogen) atoms. The van der Waals surface area contributed by atoms with Crippen molar-refractivity contribution in [2.75, 3.05) is 6.54 Å². The quantitative estimate of drug-likeness (QED) is 0.0820. The molecule has 0 spiro atoms. The summed E-state index contributed by atoms with van der Waals surface area (Å²) in [6.45, 7) is 7.44. The Hall–Kier alpha value is -0.890. The summed E-state index contributed by atoms with van der Waals surface area (Å²) >= 11 is 0. The molecular formula is C24H58N6O. The predicted octanol–water partition coefficient (Wildman–Crippen LogP) is 5.45. The summed E-state index contributed by atoms with van der Waals surface area (Å²) in [6.07, 6.45) is 25.0. The fourth-order valence-corrected chi connectivity index (χ4v) is 3.04. The topological polar surface area (TPSA) is 150 Å². The molecule has 0 saturated heterocycles. The van der Waals surface area contributed by atoms with Gasteiger partial charge in [0.05, 0.1) is 0 Å². The van der Waals surface area contributed by atoms with Gasteiger partial charge in [-0.05, 0) is 6.42 Å². The lowest BCUT2D eigenvalue weighted by atomic mass is 10.1. The lowest BCUT2D eigenvalue weighted by Gasteiger charge is -2.07. The molecule has 0 aromatic carbocycles. The monoisotopic (exact) mass is 446 g/mol. The van der Waals surface area contributed by atoms with Crippen LogP contribution >= 0.6 is 0 Å². The standard InChI is InChI=1S/C12H26.C11H26N2.CH6N4O/c1-3-5-7-9-11-12-10-8-6-4-2;1-2-3-4-5-6-7-8-9-11(13)10-12;2-1(6)5(3)4/h3-12H2,1-2H3;11H,2-10,12-13H2,1H3;3-4H2,(H2,2,6). The maximum Gasteiger partial charge on any atom is 0.343 e. The number of nitrogens with two attached hydrogens (primary N) is 5. The average Bonchev–Trinajstić information content (AvgIpc) is 2.75. The van der Waals surface area contributed by atoms with Gasteiger partial charge in [0.25, 0.3) is 0 Å². The van der Waals surface area contributed by atoms with Gasteiger partial charge < -0.3 is 17.2 Å². The number of urea groups is 1. The molecule has 1 atom stereocenters. The number of amides is 2. The molecule has 2 amide bonds. The Morgan fingerprint density at radius 1 is 0.645 bits per heavy atom. The third kappa shape index (κ3) is 40.1. The van der Waals surface area contributed by atoms with E-state index in [2.05, 4.69) is 38.2 Å². The lowest BCUT2D eigenvalue weighted by molar-refractivity contribution is 0.210. The number of nitrogens with zero attached hydrogens (tertiary/aromatic N) is 1. The van der Waals surface area contributed by atoms with Crippen LogP contribution in [0, 0.1) is 0 Å². The van der Waals surface area contributed by atoms with Crippen LogP contribution in [0.2, 0.25) is 0 Å². The van der Waals surface area contributed by atoms with Gasteiger partial charge in [0.1, 0.15) is 0 Å². The SMILES string of the molecule is CCCCCCCCCC(N)CN.CCCCCCCCCCCC.NC(=O)N(N)N. The van der Waals surface area contributed by atoms with E-state index in [0.717, 1.165) is 6.42 Å². The molecule has 0 heterocycles. The normalized spacial score (nSPS) is 11.1. The molecule has 7 heteroatoms. The van der Waals surface area contributed by atoms with E-state index in [-0.39, 0.29) is 6.04 Å². The summed E-state index contributed by atoms with van der Waals surface area (Å²) in [5.74, 6) is 9.14. The lowest BCUT2D eigenvalue weighted by Crippen LogP contribution is -2.46. The third-order valence-corrected chi connectivity index (χ3v) is 5.19. The molecule has 0 fully saturated rings. The molecule has 0 aromatic heterocycles. The van der Waals surface area contributed by atoms with E-state index in [1.54, 1.807) is 0 Å². The molecule has 1 unspecified atom stereocenters. The van der Waals surface area contributed by atoms with E-state index >= 15 is 0 Å². The number of unbranched alkanes of at least 4 members (excludes halogenated alkanes) is 15. The first kappa shape index (κ1) is 34.7. The van der Waals surface area contributed by atoms with Gasteiger partial charge >= 0.3 is 6.03 Å². The number of primary amides is 1. The smallest absolute Gasteiger partial charge is 0.343 e. The van der Waals surface area contributed by atoms with Crippen molar-refractivity contribution >= 4 is 6.03 Å². The van der Waals surface area contributed by atoms with E-state index in [9.17, 15) is 4.79 Å². The molecule has 0 aromatic rings. The Balaban J connectivity index is -0.000000405. The highest BCUT2D eigenvalue weighted by Crippen LogP contribution is 2.10. The van der Waals surface area contributed by atoms with E-state index in [1.807, 2.05) is 0 Å². The molecule has 190 valence electrons. The summed E-state index contributed by atoms with van der Waals surface area (Å²) in [5, 5.41) is 0.306. The molecule has 0 aliphatic heterocycles. The van der Waals surface area contributed by atoms with Crippen LogP contribution < -0.4 is 28.9 Å². The van der Waals surface area contributed by atoms with Crippen LogP contribution in [0.1, 0.15) is 136 Å². The Bertz CT molecular complexity index is 319. The van der Waals surface area contributed by atoms with E-state index in [0.29, 0.717) is 11.7 Å². The van der Waals surface area contributed by atoms with Gasteiger partial charge in [-0.3, -0.25) is 0 Å². The molecule has 0 rings (SSSR count). The largest absolute Gasteiger partial charge is 0.349 e. The van der Waals surface area contributed by atoms with Crippen molar-refractivity contribution in [3.05, 3.63) is 0 Å². The van der Waals surface area contributed by atoms with Crippen molar-refractivity contribution < 1.29 is 4.79 Å². The van der Waals surface area contributed by atoms with Crippen molar-refractivity contribution in [2.45, 2.75) is 142 Å². The van der Waals surface area contributed by atoms with E-state index in [1.165, 1.54) is 109 Å². The first-order valence-electron chi connectivity index (χ1n) is 12.9. The van der Waals surface area contributed by atoms with E-state index < -0.39 is 6.03 Å². The first-order valence-corrected chi connectivity index (χ1v) is 12.9. The van der Waals surface area contributed by atoms with Crippen LogP contribution in [0.4, 0.5) is 4.79 Å². The minimum absolute atomic E-state index is 0.232. The fourth-order valence-electron chi connectivity index (χ4n) is 3.04. The van der Waals surface area contributed by atoms with Crippen molar-refractivity contribution in [1.29, 1.82) is 0 Å². The van der Waals surface area contributed by atoms with Gasteiger partial charge in [0.15, 0.2) is 0 Å². The number of carbonyl (C=O) groups excluding carboxylic acids is 1. The van der Waals surface area contributed by atoms with Gasteiger partial charge in [-0.1, -0.05) is 130 Å². The summed E-state index contributed by atoms with van der Waals surface area (Å²) in [5.41, 5.74) is 15.6. The molecule has 0 aliphatic rings. The van der Waals surface area contributed by atoms with Crippen molar-refractivity contribution in [3.8, 4) is 0 Å². The zero-order valence-corrected chi connectivity index (χ0v) is 21.3. The van der Waals surface area contributed by atoms with Crippen LogP contribution in [0.15, 0.2) is 0 Å². The van der Waals surface area contributed by atoms with Crippen molar-refractivity contribution in [1.82, 2.24) is 5.12 Å². The molecule has 0 radical (unpaired) electrons. The average molecular weight is 447 g/mol. The Morgan fingerprint density at radius 2 is 0.903 bits per heavy atom. The van der Waals surface area contributed by atoms with E-state index in [4.69, 9.17) is 11.5 Å². The maximum atomic E-state index is 9.60. The first-order chi connectivity index (χ1) is 14.9. The summed E-state index contributed by atoms with van der Waals surface area (Å²) in [4.78, 5) is 9.60. The maximum absolute atomic E-state index is 9.60. The van der Waals surface area contributed by atoms with Gasteiger partial charge in [0, 0.05) is 12.6 Å². The summed E-state index contributed by atoms with van der Waals surface area (Å²) in [6, 6.07) is -0.620. The number of hydrazine groups is 2. The zero-order chi connectivity index (χ0) is 24.2. The van der Waals surface area contributed by atoms with Crippen LogP contribution in [0.5, 0.6) is 0 Å². The summed E-state index contributed by atoms with van der Waals surface area (Å²) < 4.78 is 0. The number of hydrogen-bond donors (Lipinski definition) is 5. The van der Waals surface area contributed by atoms with Gasteiger partial charge in [-0.15, -0.1) is 0 Å². The molecular weight excluding hydrogens is 388 g/mol. The van der Waals surface area contributed by atoms with Crippen molar-refractivity contribution in [2.24, 2.45) is 28.9 Å². The minimum atomic E-state index is -0.852. The van der Waals surface area contributed by atoms with Gasteiger partial charge in [0.2, 0.25) is 0 Å².